The van der Waals surface area contributed by atoms with Gasteiger partial charge in [0, 0.05) is 0 Å². The van der Waals surface area contributed by atoms with E-state index in [4.69, 9.17) is 17.4 Å². The molecule has 0 fully saturated rings. The minimum absolute atomic E-state index is 0.740. The number of hydrogen-bond acceptors (Lipinski definition) is 4. The van der Waals surface area contributed by atoms with E-state index in [1.54, 1.807) is 0 Å². The lowest BCUT2D eigenvalue weighted by atomic mass is 10.3. The van der Waals surface area contributed by atoms with E-state index in [2.05, 4.69) is 0 Å². The molecule has 0 aromatic heterocycles. The second-order valence-electron chi connectivity index (χ2n) is 1.95. The smallest absolute Gasteiger partial charge is 0.425 e. The first-order valence-electron chi connectivity index (χ1n) is 3.61. The topological polar surface area (TPSA) is 60.4 Å². The predicted octanol–water partition coefficient (Wildman–Crippen LogP) is 1.08. The number of benzene rings is 1. The van der Waals surface area contributed by atoms with Crippen molar-refractivity contribution in [2.24, 2.45) is 0 Å². The van der Waals surface area contributed by atoms with Crippen molar-refractivity contribution < 1.29 is 17.4 Å². The summed E-state index contributed by atoms with van der Waals surface area (Å²) in [6.45, 7) is 2.72. The normalized spacial score (nSPS) is 8.08. The van der Waals surface area contributed by atoms with Crippen LogP contribution in [0.4, 0.5) is 0 Å². The lowest BCUT2D eigenvalue weighted by Crippen LogP contribution is -1.89. The highest BCUT2D eigenvalue weighted by Crippen LogP contribution is 2.06. The third kappa shape index (κ3) is 8.55. The second kappa shape index (κ2) is 7.30. The van der Waals surface area contributed by atoms with Gasteiger partial charge in [0.05, 0.1) is 6.61 Å². The van der Waals surface area contributed by atoms with Crippen LogP contribution in [0, 0.1) is 0 Å². The molecule has 0 saturated heterocycles. The third-order valence-corrected chi connectivity index (χ3v) is 1.05. The molecule has 1 aromatic rings. The van der Waals surface area contributed by atoms with E-state index >= 15 is 0 Å². The van der Waals surface area contributed by atoms with Gasteiger partial charge >= 0.3 is 10.6 Å². The van der Waals surface area contributed by atoms with Gasteiger partial charge in [-0.05, 0) is 19.1 Å². The molecule has 0 amide bonds. The van der Waals surface area contributed by atoms with E-state index in [9.17, 15) is 0 Å². The van der Waals surface area contributed by atoms with Crippen LogP contribution in [0.3, 0.4) is 0 Å². The zero-order chi connectivity index (χ0) is 10.1. The highest BCUT2D eigenvalue weighted by atomic mass is 32.2. The molecule has 4 nitrogen and oxygen atoms in total. The van der Waals surface area contributed by atoms with Crippen LogP contribution in [-0.4, -0.2) is 19.2 Å². The molecule has 0 aliphatic heterocycles. The average Bonchev–Trinajstić information content (AvgIpc) is 2.06. The Kier molecular flexibility index (Phi) is 6.53. The van der Waals surface area contributed by atoms with Crippen molar-refractivity contribution in [2.45, 2.75) is 6.92 Å². The van der Waals surface area contributed by atoms with Crippen LogP contribution in [0.2, 0.25) is 0 Å². The van der Waals surface area contributed by atoms with Crippen molar-refractivity contribution in [1.29, 1.82) is 0 Å². The van der Waals surface area contributed by atoms with Crippen LogP contribution < -0.4 is 4.74 Å². The molecule has 0 unspecified atom stereocenters. The molecule has 0 N–H and O–H groups in total. The fourth-order valence-electron chi connectivity index (χ4n) is 0.683. The maximum Gasteiger partial charge on any atom is 0.425 e. The fraction of sp³-hybridized carbons (Fsp3) is 0.250. The highest BCUT2D eigenvalue weighted by molar-refractivity contribution is 7.59. The summed E-state index contributed by atoms with van der Waals surface area (Å²) in [6.07, 6.45) is 0. The van der Waals surface area contributed by atoms with Crippen LogP contribution in [0.1, 0.15) is 6.92 Å². The van der Waals surface area contributed by atoms with E-state index in [1.165, 1.54) is 0 Å². The molecule has 72 valence electrons. The van der Waals surface area contributed by atoms with Gasteiger partial charge in [-0.1, -0.05) is 18.2 Å². The molecule has 0 spiro atoms. The lowest BCUT2D eigenvalue weighted by molar-refractivity contribution is 0.340. The molecule has 0 bridgehead atoms. The summed E-state index contributed by atoms with van der Waals surface area (Å²) in [6, 6.07) is 9.80. The Bertz CT molecular complexity index is 309. The summed E-state index contributed by atoms with van der Waals surface area (Å²) >= 11 is 0. The minimum Gasteiger partial charge on any atom is -0.494 e. The van der Waals surface area contributed by atoms with Gasteiger partial charge in [0.2, 0.25) is 0 Å². The molecular formula is C8H10O4S. The molecule has 0 heterocycles. The molecule has 1 rings (SSSR count). The molecule has 5 heteroatoms. The maximum absolute atomic E-state index is 8.44. The predicted molar refractivity (Wildman–Crippen MR) is 47.3 cm³/mol. The Balaban J connectivity index is 0.000000310. The second-order valence-corrected chi connectivity index (χ2v) is 2.36. The first-order chi connectivity index (χ1) is 6.16. The highest BCUT2D eigenvalue weighted by Gasteiger charge is 1.83. The van der Waals surface area contributed by atoms with Gasteiger partial charge in [0.25, 0.3) is 0 Å². The molecule has 0 aliphatic rings. The number of ether oxygens (including phenoxy) is 1. The van der Waals surface area contributed by atoms with Crippen molar-refractivity contribution in [2.75, 3.05) is 6.61 Å². The van der Waals surface area contributed by atoms with Gasteiger partial charge in [-0.3, -0.25) is 0 Å². The van der Waals surface area contributed by atoms with E-state index in [-0.39, 0.29) is 0 Å². The first kappa shape index (κ1) is 11.6. The van der Waals surface area contributed by atoms with Crippen LogP contribution in [-0.2, 0) is 10.6 Å². The SMILES string of the molecule is CCOc1ccccc1.O=S(=O)=O. The monoisotopic (exact) mass is 202 g/mol. The number of para-hydroxylation sites is 1. The fourth-order valence-corrected chi connectivity index (χ4v) is 0.683. The number of hydrogen-bond donors (Lipinski definition) is 0. The molecule has 0 saturated carbocycles. The summed E-state index contributed by atoms with van der Waals surface area (Å²) < 4.78 is 30.5. The zero-order valence-corrected chi connectivity index (χ0v) is 7.95. The van der Waals surface area contributed by atoms with Gasteiger partial charge in [-0.2, -0.15) is 0 Å². The van der Waals surface area contributed by atoms with E-state index in [0.29, 0.717) is 0 Å². The van der Waals surface area contributed by atoms with Gasteiger partial charge in [-0.25, -0.2) is 0 Å². The zero-order valence-electron chi connectivity index (χ0n) is 7.14. The largest absolute Gasteiger partial charge is 0.494 e. The van der Waals surface area contributed by atoms with Crippen LogP contribution in [0.15, 0.2) is 30.3 Å². The van der Waals surface area contributed by atoms with Crippen molar-refractivity contribution in [3.63, 3.8) is 0 Å². The summed E-state index contributed by atoms with van der Waals surface area (Å²) in [4.78, 5) is 0. The van der Waals surface area contributed by atoms with E-state index in [0.717, 1.165) is 12.4 Å². The maximum atomic E-state index is 8.44. The standard InChI is InChI=1S/C8H10O.O3S/c1-2-9-8-6-4-3-5-7-8;1-4(2)3/h3-7H,2H2,1H3;. The first-order valence-corrected chi connectivity index (χ1v) is 4.61. The third-order valence-electron chi connectivity index (χ3n) is 1.05. The van der Waals surface area contributed by atoms with Gasteiger partial charge in [0.15, 0.2) is 0 Å². The van der Waals surface area contributed by atoms with Crippen molar-refractivity contribution >= 4 is 10.6 Å². The Morgan fingerprint density at radius 2 is 1.62 bits per heavy atom. The Morgan fingerprint density at radius 3 is 2.00 bits per heavy atom. The Hall–Kier alpha value is -1.36. The molecule has 1 aromatic carbocycles. The van der Waals surface area contributed by atoms with Crippen LogP contribution >= 0.6 is 0 Å². The van der Waals surface area contributed by atoms with Crippen LogP contribution in [0.25, 0.3) is 0 Å². The van der Waals surface area contributed by atoms with Crippen LogP contribution in [0.5, 0.6) is 5.75 Å². The Labute approximate surface area is 78.2 Å². The summed E-state index contributed by atoms with van der Waals surface area (Å²) in [5, 5.41) is 0. The molecular weight excluding hydrogens is 192 g/mol. The number of rotatable bonds is 2. The van der Waals surface area contributed by atoms with Crippen molar-refractivity contribution in [1.82, 2.24) is 0 Å². The molecule has 0 aliphatic carbocycles. The summed E-state index contributed by atoms with van der Waals surface area (Å²) in [7, 11) is -3.11. The summed E-state index contributed by atoms with van der Waals surface area (Å²) in [5.41, 5.74) is 0. The van der Waals surface area contributed by atoms with Crippen molar-refractivity contribution in [3.8, 4) is 5.75 Å². The van der Waals surface area contributed by atoms with Gasteiger partial charge < -0.3 is 4.74 Å². The molecule has 13 heavy (non-hydrogen) atoms. The van der Waals surface area contributed by atoms with Gasteiger partial charge in [0.1, 0.15) is 5.75 Å². The molecule has 0 atom stereocenters. The van der Waals surface area contributed by atoms with E-state index in [1.807, 2.05) is 37.3 Å². The minimum atomic E-state index is -3.11. The Morgan fingerprint density at radius 1 is 1.15 bits per heavy atom. The average molecular weight is 202 g/mol. The van der Waals surface area contributed by atoms with E-state index < -0.39 is 10.6 Å². The summed E-state index contributed by atoms with van der Waals surface area (Å²) in [5.74, 6) is 0.944. The van der Waals surface area contributed by atoms with Crippen molar-refractivity contribution in [3.05, 3.63) is 30.3 Å². The molecule has 0 radical (unpaired) electrons. The quantitative estimate of drug-likeness (QED) is 0.720. The van der Waals surface area contributed by atoms with Gasteiger partial charge in [-0.15, -0.1) is 12.6 Å². The lowest BCUT2D eigenvalue weighted by Gasteiger charge is -1.99.